The Labute approximate surface area is 104 Å². The van der Waals surface area contributed by atoms with Gasteiger partial charge in [0, 0.05) is 6.42 Å². The van der Waals surface area contributed by atoms with Crippen LogP contribution in [-0.2, 0) is 4.79 Å². The average Bonchev–Trinajstić information content (AvgIpc) is 2.28. The molecule has 0 aromatic heterocycles. The van der Waals surface area contributed by atoms with Gasteiger partial charge in [0.2, 0.25) is 0 Å². The van der Waals surface area contributed by atoms with E-state index in [1.807, 2.05) is 6.08 Å². The number of carbonyl (C=O) groups is 1. The zero-order valence-electron chi connectivity index (χ0n) is 10.9. The summed E-state index contributed by atoms with van der Waals surface area (Å²) in [6, 6.07) is 0. The highest BCUT2D eigenvalue weighted by atomic mass is 16.1. The summed E-state index contributed by atoms with van der Waals surface area (Å²) < 4.78 is 0. The molecule has 2 unspecified atom stereocenters. The molecule has 0 fully saturated rings. The second kappa shape index (κ2) is 4.64. The number of rotatable bonds is 2. The van der Waals surface area contributed by atoms with Crippen LogP contribution in [0.3, 0.4) is 0 Å². The van der Waals surface area contributed by atoms with E-state index in [1.54, 1.807) is 6.08 Å². The van der Waals surface area contributed by atoms with Gasteiger partial charge in [-0.15, -0.1) is 0 Å². The largest absolute Gasteiger partial charge is 0.295 e. The van der Waals surface area contributed by atoms with E-state index in [1.165, 1.54) is 12.8 Å². The lowest BCUT2D eigenvalue weighted by Crippen LogP contribution is -2.22. The third kappa shape index (κ3) is 3.18. The first-order chi connectivity index (χ1) is 8.02. The van der Waals surface area contributed by atoms with Crippen molar-refractivity contribution in [2.24, 2.45) is 10.8 Å². The Balaban J connectivity index is 2.07. The second-order valence-electron chi connectivity index (χ2n) is 6.11. The molecular weight excluding hydrogens is 208 g/mol. The Kier molecular flexibility index (Phi) is 3.37. The quantitative estimate of drug-likeness (QED) is 0.649. The van der Waals surface area contributed by atoms with E-state index >= 15 is 0 Å². The van der Waals surface area contributed by atoms with E-state index in [0.717, 1.165) is 12.8 Å². The zero-order chi connectivity index (χ0) is 12.4. The van der Waals surface area contributed by atoms with Gasteiger partial charge >= 0.3 is 0 Å². The van der Waals surface area contributed by atoms with Crippen molar-refractivity contribution >= 4 is 5.78 Å². The fourth-order valence-corrected chi connectivity index (χ4v) is 2.65. The molecule has 0 radical (unpaired) electrons. The van der Waals surface area contributed by atoms with Crippen LogP contribution in [0.25, 0.3) is 0 Å². The molecule has 0 saturated carbocycles. The predicted octanol–water partition coefficient (Wildman–Crippen LogP) is 4.21. The number of ketones is 1. The summed E-state index contributed by atoms with van der Waals surface area (Å²) in [6.45, 7) is 4.50. The van der Waals surface area contributed by atoms with Crippen LogP contribution in [0, 0.1) is 10.8 Å². The minimum Gasteiger partial charge on any atom is -0.295 e. The number of allylic oxidation sites excluding steroid dienone is 6. The summed E-state index contributed by atoms with van der Waals surface area (Å²) >= 11 is 0. The van der Waals surface area contributed by atoms with Crippen molar-refractivity contribution in [3.63, 3.8) is 0 Å². The molecular formula is C16H22O. The topological polar surface area (TPSA) is 17.1 Å². The van der Waals surface area contributed by atoms with Gasteiger partial charge in [-0.05, 0) is 42.6 Å². The van der Waals surface area contributed by atoms with Crippen molar-refractivity contribution in [1.29, 1.82) is 0 Å². The van der Waals surface area contributed by atoms with Gasteiger partial charge in [-0.3, -0.25) is 4.79 Å². The molecule has 2 aliphatic carbocycles. The van der Waals surface area contributed by atoms with Crippen molar-refractivity contribution in [1.82, 2.24) is 0 Å². The Bertz CT molecular complexity index is 388. The Morgan fingerprint density at radius 1 is 1.06 bits per heavy atom. The Hall–Kier alpha value is -1.11. The lowest BCUT2D eigenvalue weighted by atomic mass is 9.73. The first kappa shape index (κ1) is 12.3. The summed E-state index contributed by atoms with van der Waals surface area (Å²) in [6.07, 6.45) is 18.1. The molecule has 0 amide bonds. The highest BCUT2D eigenvalue weighted by Gasteiger charge is 2.28. The first-order valence-corrected chi connectivity index (χ1v) is 6.56. The van der Waals surface area contributed by atoms with Gasteiger partial charge < -0.3 is 0 Å². The molecule has 92 valence electrons. The monoisotopic (exact) mass is 230 g/mol. The average molecular weight is 230 g/mol. The van der Waals surface area contributed by atoms with Gasteiger partial charge in [0.05, 0.1) is 0 Å². The van der Waals surface area contributed by atoms with Gasteiger partial charge in [-0.25, -0.2) is 0 Å². The molecule has 2 atom stereocenters. The molecule has 2 rings (SSSR count). The summed E-state index contributed by atoms with van der Waals surface area (Å²) in [5.41, 5.74) is 0.331. The molecule has 0 bridgehead atoms. The van der Waals surface area contributed by atoms with Crippen molar-refractivity contribution in [2.75, 3.05) is 0 Å². The van der Waals surface area contributed by atoms with E-state index in [0.29, 0.717) is 11.8 Å². The fourth-order valence-electron chi connectivity index (χ4n) is 2.65. The maximum absolute atomic E-state index is 11.5. The first-order valence-electron chi connectivity index (χ1n) is 6.56. The maximum Gasteiger partial charge on any atom is 0.156 e. The normalized spacial score (nSPS) is 37.9. The SMILES string of the molecule is CC1(/C=C/C2(C)CC=CC(=O)C2)CC=CCC1. The van der Waals surface area contributed by atoms with Gasteiger partial charge in [0.1, 0.15) is 0 Å². The molecule has 17 heavy (non-hydrogen) atoms. The van der Waals surface area contributed by atoms with Crippen LogP contribution in [0.1, 0.15) is 46.0 Å². The van der Waals surface area contributed by atoms with Crippen LogP contribution in [-0.4, -0.2) is 5.78 Å². The molecule has 0 aliphatic heterocycles. The molecule has 1 heteroatoms. The van der Waals surface area contributed by atoms with Crippen LogP contribution < -0.4 is 0 Å². The van der Waals surface area contributed by atoms with Crippen LogP contribution in [0.4, 0.5) is 0 Å². The number of carbonyl (C=O) groups excluding carboxylic acids is 1. The summed E-state index contributed by atoms with van der Waals surface area (Å²) in [5.74, 6) is 0.261. The Morgan fingerprint density at radius 3 is 2.41 bits per heavy atom. The van der Waals surface area contributed by atoms with Crippen molar-refractivity contribution < 1.29 is 4.79 Å². The van der Waals surface area contributed by atoms with E-state index < -0.39 is 0 Å². The highest BCUT2D eigenvalue weighted by Crippen LogP contribution is 2.38. The van der Waals surface area contributed by atoms with Crippen LogP contribution in [0.2, 0.25) is 0 Å². The van der Waals surface area contributed by atoms with Gasteiger partial charge in [-0.1, -0.05) is 44.2 Å². The molecule has 0 N–H and O–H groups in total. The Morgan fingerprint density at radius 2 is 1.76 bits per heavy atom. The number of hydrogen-bond acceptors (Lipinski definition) is 1. The standard InChI is InChI=1S/C16H22O/c1-15(8-4-3-5-9-15)11-12-16(2)10-6-7-14(17)13-16/h3-4,6-7,11-12H,5,8-10,13H2,1-2H3/b12-11+. The van der Waals surface area contributed by atoms with Crippen LogP contribution >= 0.6 is 0 Å². The second-order valence-corrected chi connectivity index (χ2v) is 6.11. The molecule has 0 saturated heterocycles. The highest BCUT2D eigenvalue weighted by molar-refractivity contribution is 5.91. The van der Waals surface area contributed by atoms with E-state index in [-0.39, 0.29) is 11.2 Å². The van der Waals surface area contributed by atoms with Gasteiger partial charge in [0.15, 0.2) is 5.78 Å². The van der Waals surface area contributed by atoms with Gasteiger partial charge in [-0.2, -0.15) is 0 Å². The third-order valence-electron chi connectivity index (χ3n) is 3.99. The summed E-state index contributed by atoms with van der Waals surface area (Å²) in [7, 11) is 0. The minimum absolute atomic E-state index is 0.0377. The summed E-state index contributed by atoms with van der Waals surface area (Å²) in [5, 5.41) is 0. The number of hydrogen-bond donors (Lipinski definition) is 0. The van der Waals surface area contributed by atoms with Crippen molar-refractivity contribution in [3.05, 3.63) is 36.5 Å². The van der Waals surface area contributed by atoms with E-state index in [2.05, 4.69) is 38.2 Å². The van der Waals surface area contributed by atoms with Crippen molar-refractivity contribution in [2.45, 2.75) is 46.0 Å². The zero-order valence-corrected chi connectivity index (χ0v) is 10.9. The van der Waals surface area contributed by atoms with Crippen LogP contribution in [0.15, 0.2) is 36.5 Å². The molecule has 0 heterocycles. The molecule has 0 aromatic carbocycles. The lowest BCUT2D eigenvalue weighted by molar-refractivity contribution is -0.116. The summed E-state index contributed by atoms with van der Waals surface area (Å²) in [4.78, 5) is 11.5. The smallest absolute Gasteiger partial charge is 0.156 e. The van der Waals surface area contributed by atoms with E-state index in [9.17, 15) is 4.79 Å². The third-order valence-corrected chi connectivity index (χ3v) is 3.99. The van der Waals surface area contributed by atoms with Crippen molar-refractivity contribution in [3.8, 4) is 0 Å². The molecule has 0 aromatic rings. The minimum atomic E-state index is 0.0377. The molecule has 1 nitrogen and oxygen atoms in total. The van der Waals surface area contributed by atoms with Crippen LogP contribution in [0.5, 0.6) is 0 Å². The molecule has 0 spiro atoms. The lowest BCUT2D eigenvalue weighted by Gasteiger charge is -2.31. The predicted molar refractivity (Wildman–Crippen MR) is 71.7 cm³/mol. The van der Waals surface area contributed by atoms with E-state index in [4.69, 9.17) is 0 Å². The maximum atomic E-state index is 11.5. The molecule has 2 aliphatic rings. The fraction of sp³-hybridized carbons (Fsp3) is 0.562. The van der Waals surface area contributed by atoms with Gasteiger partial charge in [0.25, 0.3) is 0 Å².